The van der Waals surface area contributed by atoms with Crippen LogP contribution < -0.4 is 5.32 Å². The van der Waals surface area contributed by atoms with Crippen LogP contribution in [-0.2, 0) is 11.3 Å². The predicted octanol–water partition coefficient (Wildman–Crippen LogP) is 2.98. The van der Waals surface area contributed by atoms with Crippen molar-refractivity contribution in [1.82, 2.24) is 10.2 Å². The van der Waals surface area contributed by atoms with Gasteiger partial charge in [-0.1, -0.05) is 37.6 Å². The monoisotopic (exact) mass is 312 g/mol. The number of rotatable bonds is 6. The zero-order valence-corrected chi connectivity index (χ0v) is 13.2. The van der Waals surface area contributed by atoms with E-state index >= 15 is 0 Å². The second-order valence-electron chi connectivity index (χ2n) is 5.45. The highest BCUT2D eigenvalue weighted by molar-refractivity contribution is 6.30. The first-order valence-corrected chi connectivity index (χ1v) is 7.16. The van der Waals surface area contributed by atoms with E-state index in [2.05, 4.69) is 5.32 Å². The van der Waals surface area contributed by atoms with Gasteiger partial charge in [-0.15, -0.1) is 0 Å². The SMILES string of the molecule is CC(C)C[C@H](NC(=O)N(C)Cc1ccc(Cl)cc1)C(=O)O. The number of urea groups is 1. The highest BCUT2D eigenvalue weighted by Crippen LogP contribution is 2.11. The first-order valence-electron chi connectivity index (χ1n) is 6.78. The summed E-state index contributed by atoms with van der Waals surface area (Å²) in [5.41, 5.74) is 0.924. The van der Waals surface area contributed by atoms with E-state index in [0.29, 0.717) is 18.0 Å². The van der Waals surface area contributed by atoms with Gasteiger partial charge in [0.05, 0.1) is 0 Å². The summed E-state index contributed by atoms with van der Waals surface area (Å²) >= 11 is 5.80. The molecule has 0 saturated heterocycles. The maximum Gasteiger partial charge on any atom is 0.326 e. The molecule has 1 atom stereocenters. The number of aliphatic carboxylic acids is 1. The van der Waals surface area contributed by atoms with Crippen molar-refractivity contribution in [2.75, 3.05) is 7.05 Å². The summed E-state index contributed by atoms with van der Waals surface area (Å²) < 4.78 is 0. The number of hydrogen-bond acceptors (Lipinski definition) is 2. The lowest BCUT2D eigenvalue weighted by Crippen LogP contribution is -2.46. The lowest BCUT2D eigenvalue weighted by Gasteiger charge is -2.22. The van der Waals surface area contributed by atoms with Gasteiger partial charge in [0.1, 0.15) is 6.04 Å². The Hall–Kier alpha value is -1.75. The number of carboxylic acid groups (broad SMARTS) is 1. The van der Waals surface area contributed by atoms with E-state index in [9.17, 15) is 9.59 Å². The Morgan fingerprint density at radius 3 is 2.33 bits per heavy atom. The highest BCUT2D eigenvalue weighted by atomic mass is 35.5. The van der Waals surface area contributed by atoms with Crippen LogP contribution in [0.3, 0.4) is 0 Å². The van der Waals surface area contributed by atoms with Crippen molar-refractivity contribution in [2.45, 2.75) is 32.9 Å². The van der Waals surface area contributed by atoms with Crippen LogP contribution in [0, 0.1) is 5.92 Å². The Bertz CT molecular complexity index is 488. The number of nitrogens with zero attached hydrogens (tertiary/aromatic N) is 1. The van der Waals surface area contributed by atoms with Gasteiger partial charge in [-0.2, -0.15) is 0 Å². The van der Waals surface area contributed by atoms with E-state index in [0.717, 1.165) is 5.56 Å². The van der Waals surface area contributed by atoms with Crippen molar-refractivity contribution in [2.24, 2.45) is 5.92 Å². The lowest BCUT2D eigenvalue weighted by molar-refractivity contribution is -0.139. The third-order valence-corrected chi connectivity index (χ3v) is 3.23. The average Bonchev–Trinajstić information content (AvgIpc) is 2.39. The van der Waals surface area contributed by atoms with Crippen LogP contribution in [0.25, 0.3) is 0 Å². The van der Waals surface area contributed by atoms with Gasteiger partial charge in [0, 0.05) is 18.6 Å². The molecule has 0 aliphatic carbocycles. The van der Waals surface area contributed by atoms with Gasteiger partial charge >= 0.3 is 12.0 Å². The second-order valence-corrected chi connectivity index (χ2v) is 5.89. The molecule has 0 heterocycles. The molecule has 1 rings (SSSR count). The maximum atomic E-state index is 12.0. The molecule has 2 amide bonds. The van der Waals surface area contributed by atoms with E-state index in [1.54, 1.807) is 19.2 Å². The van der Waals surface area contributed by atoms with E-state index in [1.807, 2.05) is 26.0 Å². The normalized spacial score (nSPS) is 12.0. The molecule has 0 aromatic heterocycles. The Morgan fingerprint density at radius 2 is 1.86 bits per heavy atom. The van der Waals surface area contributed by atoms with Crippen molar-refractivity contribution < 1.29 is 14.7 Å². The molecule has 0 saturated carbocycles. The molecule has 0 bridgehead atoms. The van der Waals surface area contributed by atoms with Gasteiger partial charge in [0.2, 0.25) is 0 Å². The summed E-state index contributed by atoms with van der Waals surface area (Å²) in [6.07, 6.45) is 0.399. The second kappa shape index (κ2) is 7.88. The van der Waals surface area contributed by atoms with E-state index in [-0.39, 0.29) is 5.92 Å². The standard InChI is InChI=1S/C15H21ClN2O3/c1-10(2)8-13(14(19)20)17-15(21)18(3)9-11-4-6-12(16)7-5-11/h4-7,10,13H,8-9H2,1-3H3,(H,17,21)(H,19,20)/t13-/m0/s1. The molecule has 5 nitrogen and oxygen atoms in total. The number of carboxylic acids is 1. The van der Waals surface area contributed by atoms with Gasteiger partial charge in [-0.25, -0.2) is 9.59 Å². The fourth-order valence-corrected chi connectivity index (χ4v) is 2.01. The maximum absolute atomic E-state index is 12.0. The highest BCUT2D eigenvalue weighted by Gasteiger charge is 2.22. The predicted molar refractivity (Wildman–Crippen MR) is 82.3 cm³/mol. The van der Waals surface area contributed by atoms with Crippen LogP contribution in [-0.4, -0.2) is 35.1 Å². The van der Waals surface area contributed by atoms with Crippen LogP contribution in [0.5, 0.6) is 0 Å². The summed E-state index contributed by atoms with van der Waals surface area (Å²) in [7, 11) is 1.62. The van der Waals surface area contributed by atoms with E-state index < -0.39 is 18.0 Å². The fourth-order valence-electron chi connectivity index (χ4n) is 1.89. The number of carbonyl (C=O) groups is 2. The largest absolute Gasteiger partial charge is 0.480 e. The van der Waals surface area contributed by atoms with Crippen LogP contribution in [0.2, 0.25) is 5.02 Å². The number of nitrogens with one attached hydrogen (secondary N) is 1. The molecule has 0 aliphatic heterocycles. The van der Waals surface area contributed by atoms with Crippen molar-refractivity contribution in [3.8, 4) is 0 Å². The third-order valence-electron chi connectivity index (χ3n) is 2.98. The molecular formula is C15H21ClN2O3. The zero-order valence-electron chi connectivity index (χ0n) is 12.5. The molecule has 1 aromatic carbocycles. The molecule has 6 heteroatoms. The number of hydrogen-bond donors (Lipinski definition) is 2. The Labute approximate surface area is 129 Å². The number of halogens is 1. The molecule has 0 spiro atoms. The zero-order chi connectivity index (χ0) is 16.0. The Morgan fingerprint density at radius 1 is 1.29 bits per heavy atom. The Kier molecular flexibility index (Phi) is 6.49. The molecule has 0 unspecified atom stereocenters. The van der Waals surface area contributed by atoms with Gasteiger partial charge in [0.25, 0.3) is 0 Å². The minimum Gasteiger partial charge on any atom is -0.480 e. The molecule has 0 fully saturated rings. The first-order chi connectivity index (χ1) is 9.79. The van der Waals surface area contributed by atoms with Crippen molar-refractivity contribution in [3.05, 3.63) is 34.9 Å². The topological polar surface area (TPSA) is 69.6 Å². The van der Waals surface area contributed by atoms with Crippen LogP contribution in [0.4, 0.5) is 4.79 Å². The molecule has 0 radical (unpaired) electrons. The lowest BCUT2D eigenvalue weighted by atomic mass is 10.0. The quantitative estimate of drug-likeness (QED) is 0.848. The van der Waals surface area contributed by atoms with E-state index in [4.69, 9.17) is 16.7 Å². The van der Waals surface area contributed by atoms with Crippen molar-refractivity contribution >= 4 is 23.6 Å². The van der Waals surface area contributed by atoms with Crippen molar-refractivity contribution in [1.29, 1.82) is 0 Å². The molecule has 1 aromatic rings. The minimum atomic E-state index is -1.02. The molecule has 2 N–H and O–H groups in total. The smallest absolute Gasteiger partial charge is 0.326 e. The van der Waals surface area contributed by atoms with Crippen LogP contribution in [0.15, 0.2) is 24.3 Å². The first kappa shape index (κ1) is 17.3. The van der Waals surface area contributed by atoms with Crippen molar-refractivity contribution in [3.63, 3.8) is 0 Å². The van der Waals surface area contributed by atoms with Crippen LogP contribution in [0.1, 0.15) is 25.8 Å². The number of benzene rings is 1. The molecule has 0 aliphatic rings. The summed E-state index contributed by atoms with van der Waals surface area (Å²) in [4.78, 5) is 24.6. The van der Waals surface area contributed by atoms with Crippen LogP contribution >= 0.6 is 11.6 Å². The van der Waals surface area contributed by atoms with Gasteiger partial charge in [-0.3, -0.25) is 0 Å². The summed E-state index contributed by atoms with van der Waals surface area (Å²) in [5, 5.41) is 12.3. The molecule has 116 valence electrons. The number of amides is 2. The average molecular weight is 313 g/mol. The Balaban J connectivity index is 2.60. The third kappa shape index (κ3) is 6.04. The molecular weight excluding hydrogens is 292 g/mol. The van der Waals surface area contributed by atoms with E-state index in [1.165, 1.54) is 4.90 Å². The minimum absolute atomic E-state index is 0.188. The number of carbonyl (C=O) groups excluding carboxylic acids is 1. The summed E-state index contributed by atoms with van der Waals surface area (Å²) in [5.74, 6) is -0.829. The van der Waals surface area contributed by atoms with Gasteiger partial charge < -0.3 is 15.3 Å². The fraction of sp³-hybridized carbons (Fsp3) is 0.467. The molecule has 21 heavy (non-hydrogen) atoms. The van der Waals surface area contributed by atoms with Gasteiger partial charge in [-0.05, 0) is 30.0 Å². The van der Waals surface area contributed by atoms with Gasteiger partial charge in [0.15, 0.2) is 0 Å². The summed E-state index contributed by atoms with van der Waals surface area (Å²) in [6.45, 7) is 4.22. The summed E-state index contributed by atoms with van der Waals surface area (Å²) in [6, 6.07) is 5.88.